The molecule has 1 saturated carbocycles. The molecule has 0 radical (unpaired) electrons. The Hall–Kier alpha value is -2.04. The molecule has 1 saturated heterocycles. The van der Waals surface area contributed by atoms with Gasteiger partial charge >= 0.3 is 0 Å². The van der Waals surface area contributed by atoms with Crippen molar-refractivity contribution in [1.29, 1.82) is 0 Å². The molecule has 1 aromatic carbocycles. The Bertz CT molecular complexity index is 662. The fraction of sp³-hybridized carbons (Fsp3) is 0.636. The van der Waals surface area contributed by atoms with E-state index in [2.05, 4.69) is 22.5 Å². The molecule has 3 rings (SSSR count). The van der Waals surface area contributed by atoms with Crippen LogP contribution in [0.3, 0.4) is 0 Å². The van der Waals surface area contributed by atoms with Gasteiger partial charge in [0.25, 0.3) is 5.91 Å². The predicted octanol–water partition coefficient (Wildman–Crippen LogP) is 4.33. The van der Waals surface area contributed by atoms with Gasteiger partial charge in [0.1, 0.15) is 0 Å². The summed E-state index contributed by atoms with van der Waals surface area (Å²) >= 11 is 0. The fourth-order valence-electron chi connectivity index (χ4n) is 4.04. The summed E-state index contributed by atoms with van der Waals surface area (Å²) in [4.78, 5) is 27.7. The maximum absolute atomic E-state index is 12.9. The van der Waals surface area contributed by atoms with Crippen molar-refractivity contribution in [3.05, 3.63) is 23.8 Å². The summed E-state index contributed by atoms with van der Waals surface area (Å²) in [5, 5.41) is 6.13. The Balaban J connectivity index is 1.79. The van der Waals surface area contributed by atoms with Gasteiger partial charge < -0.3 is 15.5 Å². The number of anilines is 2. The highest BCUT2D eigenvalue weighted by Gasteiger charge is 2.23. The van der Waals surface area contributed by atoms with Gasteiger partial charge in [-0.2, -0.15) is 0 Å². The van der Waals surface area contributed by atoms with E-state index in [1.807, 2.05) is 25.1 Å². The van der Waals surface area contributed by atoms with Crippen LogP contribution in [0.15, 0.2) is 18.2 Å². The summed E-state index contributed by atoms with van der Waals surface area (Å²) in [5.74, 6) is 0.145. The van der Waals surface area contributed by atoms with Crippen LogP contribution in [-0.2, 0) is 4.79 Å². The molecule has 1 aromatic rings. The van der Waals surface area contributed by atoms with E-state index in [1.165, 1.54) is 6.42 Å². The second-order valence-corrected chi connectivity index (χ2v) is 8.03. The minimum atomic E-state index is -0.0555. The summed E-state index contributed by atoms with van der Waals surface area (Å²) < 4.78 is 0. The molecule has 1 atom stereocenters. The van der Waals surface area contributed by atoms with Gasteiger partial charge in [-0.25, -0.2) is 0 Å². The van der Waals surface area contributed by atoms with Crippen LogP contribution in [0.25, 0.3) is 0 Å². The van der Waals surface area contributed by atoms with Crippen molar-refractivity contribution in [2.75, 3.05) is 23.3 Å². The second kappa shape index (κ2) is 9.25. The van der Waals surface area contributed by atoms with E-state index >= 15 is 0 Å². The van der Waals surface area contributed by atoms with Crippen molar-refractivity contribution in [3.8, 4) is 0 Å². The number of carbonyl (C=O) groups is 2. The SMILES string of the molecule is CCC(C)NC(=O)c1cc(NC(=O)C2CCCCC2)ccc1N1CCCC1. The predicted molar refractivity (Wildman–Crippen MR) is 110 cm³/mol. The number of benzene rings is 1. The second-order valence-electron chi connectivity index (χ2n) is 8.03. The van der Waals surface area contributed by atoms with Crippen molar-refractivity contribution >= 4 is 23.2 Å². The summed E-state index contributed by atoms with van der Waals surface area (Å²) in [6.07, 6.45) is 8.65. The van der Waals surface area contributed by atoms with E-state index in [1.54, 1.807) is 0 Å². The third-order valence-electron chi connectivity index (χ3n) is 5.92. The third kappa shape index (κ3) is 5.02. The fourth-order valence-corrected chi connectivity index (χ4v) is 4.04. The van der Waals surface area contributed by atoms with Gasteiger partial charge in [-0.15, -0.1) is 0 Å². The van der Waals surface area contributed by atoms with Gasteiger partial charge in [0, 0.05) is 36.4 Å². The van der Waals surface area contributed by atoms with Crippen LogP contribution in [0.1, 0.15) is 75.6 Å². The van der Waals surface area contributed by atoms with Crippen molar-refractivity contribution in [2.24, 2.45) is 5.92 Å². The lowest BCUT2D eigenvalue weighted by molar-refractivity contribution is -0.120. The molecule has 5 heteroatoms. The summed E-state index contributed by atoms with van der Waals surface area (Å²) in [6, 6.07) is 5.91. The molecular weight excluding hydrogens is 338 g/mol. The van der Waals surface area contributed by atoms with E-state index < -0.39 is 0 Å². The van der Waals surface area contributed by atoms with E-state index in [4.69, 9.17) is 0 Å². The van der Waals surface area contributed by atoms with Gasteiger partial charge in [-0.05, 0) is 57.2 Å². The molecule has 1 aliphatic heterocycles. The summed E-state index contributed by atoms with van der Waals surface area (Å²) in [5.41, 5.74) is 2.37. The van der Waals surface area contributed by atoms with Crippen LogP contribution in [0.5, 0.6) is 0 Å². The lowest BCUT2D eigenvalue weighted by Crippen LogP contribution is -2.33. The zero-order valence-corrected chi connectivity index (χ0v) is 16.7. The van der Waals surface area contributed by atoms with Crippen molar-refractivity contribution in [2.45, 2.75) is 71.3 Å². The molecule has 148 valence electrons. The molecule has 1 unspecified atom stereocenters. The Morgan fingerprint density at radius 1 is 1.11 bits per heavy atom. The number of hydrogen-bond acceptors (Lipinski definition) is 3. The topological polar surface area (TPSA) is 61.4 Å². The molecule has 0 spiro atoms. The van der Waals surface area contributed by atoms with Crippen LogP contribution >= 0.6 is 0 Å². The van der Waals surface area contributed by atoms with E-state index in [0.717, 1.165) is 69.4 Å². The Labute approximate surface area is 162 Å². The first-order valence-electron chi connectivity index (χ1n) is 10.6. The Morgan fingerprint density at radius 3 is 2.48 bits per heavy atom. The smallest absolute Gasteiger partial charge is 0.253 e. The maximum Gasteiger partial charge on any atom is 0.253 e. The molecule has 27 heavy (non-hydrogen) atoms. The van der Waals surface area contributed by atoms with Crippen LogP contribution in [0.2, 0.25) is 0 Å². The number of nitrogens with one attached hydrogen (secondary N) is 2. The van der Waals surface area contributed by atoms with Crippen molar-refractivity contribution in [1.82, 2.24) is 5.32 Å². The highest BCUT2D eigenvalue weighted by molar-refractivity contribution is 6.02. The van der Waals surface area contributed by atoms with Gasteiger partial charge in [0.2, 0.25) is 5.91 Å². The molecule has 2 amide bonds. The summed E-state index contributed by atoms with van der Waals surface area (Å²) in [6.45, 7) is 6.05. The molecule has 2 aliphatic rings. The van der Waals surface area contributed by atoms with Gasteiger partial charge in [-0.3, -0.25) is 9.59 Å². The number of rotatable bonds is 6. The number of carbonyl (C=O) groups excluding carboxylic acids is 2. The monoisotopic (exact) mass is 371 g/mol. The van der Waals surface area contributed by atoms with Gasteiger partial charge in [-0.1, -0.05) is 26.2 Å². The molecule has 5 nitrogen and oxygen atoms in total. The molecule has 2 N–H and O–H groups in total. The Kier molecular flexibility index (Phi) is 6.75. The highest BCUT2D eigenvalue weighted by Crippen LogP contribution is 2.29. The highest BCUT2D eigenvalue weighted by atomic mass is 16.2. The Morgan fingerprint density at radius 2 is 1.81 bits per heavy atom. The normalized spacial score (nSPS) is 19.0. The van der Waals surface area contributed by atoms with E-state index in [9.17, 15) is 9.59 Å². The van der Waals surface area contributed by atoms with E-state index in [-0.39, 0.29) is 23.8 Å². The largest absolute Gasteiger partial charge is 0.371 e. The molecule has 1 heterocycles. The average Bonchev–Trinajstić information content (AvgIpc) is 3.23. The minimum Gasteiger partial charge on any atom is -0.371 e. The number of amides is 2. The average molecular weight is 372 g/mol. The van der Waals surface area contributed by atoms with Crippen molar-refractivity contribution < 1.29 is 9.59 Å². The number of nitrogens with zero attached hydrogens (tertiary/aromatic N) is 1. The first-order valence-corrected chi connectivity index (χ1v) is 10.6. The lowest BCUT2D eigenvalue weighted by Gasteiger charge is -2.24. The minimum absolute atomic E-state index is 0.0555. The van der Waals surface area contributed by atoms with Crippen molar-refractivity contribution in [3.63, 3.8) is 0 Å². The van der Waals surface area contributed by atoms with Crippen LogP contribution in [0, 0.1) is 5.92 Å². The number of hydrogen-bond donors (Lipinski definition) is 2. The van der Waals surface area contributed by atoms with Crippen LogP contribution < -0.4 is 15.5 Å². The standard InChI is InChI=1S/C22H33N3O2/c1-3-16(2)23-22(27)19-15-18(11-12-20(19)25-13-7-8-14-25)24-21(26)17-9-5-4-6-10-17/h11-12,15-17H,3-10,13-14H2,1-2H3,(H,23,27)(H,24,26). The molecule has 1 aliphatic carbocycles. The van der Waals surface area contributed by atoms with Crippen LogP contribution in [-0.4, -0.2) is 30.9 Å². The zero-order chi connectivity index (χ0) is 19.2. The zero-order valence-electron chi connectivity index (χ0n) is 16.7. The molecule has 0 aromatic heterocycles. The van der Waals surface area contributed by atoms with Crippen LogP contribution in [0.4, 0.5) is 11.4 Å². The first kappa shape index (κ1) is 19.7. The van der Waals surface area contributed by atoms with E-state index in [0.29, 0.717) is 5.56 Å². The molecule has 2 fully saturated rings. The maximum atomic E-state index is 12.9. The van der Waals surface area contributed by atoms with Gasteiger partial charge in [0.05, 0.1) is 5.56 Å². The quantitative estimate of drug-likeness (QED) is 0.782. The van der Waals surface area contributed by atoms with Gasteiger partial charge in [0.15, 0.2) is 0 Å². The summed E-state index contributed by atoms with van der Waals surface area (Å²) in [7, 11) is 0. The lowest BCUT2D eigenvalue weighted by atomic mass is 9.88. The first-order chi connectivity index (χ1) is 13.1. The third-order valence-corrected chi connectivity index (χ3v) is 5.92. The molecular formula is C22H33N3O2. The molecule has 0 bridgehead atoms.